The van der Waals surface area contributed by atoms with E-state index in [0.717, 1.165) is 0 Å². The summed E-state index contributed by atoms with van der Waals surface area (Å²) in [7, 11) is 0. The zero-order valence-corrected chi connectivity index (χ0v) is 26.1. The first kappa shape index (κ1) is 31.5. The highest BCUT2D eigenvalue weighted by atomic mass is 35.5. The van der Waals surface area contributed by atoms with Gasteiger partial charge in [-0.25, -0.2) is 9.18 Å². The van der Waals surface area contributed by atoms with E-state index in [1.165, 1.54) is 28.4 Å². The van der Waals surface area contributed by atoms with E-state index in [0.29, 0.717) is 26.9 Å². The number of carbonyl (C=O) groups excluding carboxylic acids is 2. The van der Waals surface area contributed by atoms with Crippen molar-refractivity contribution in [1.82, 2.24) is 15.1 Å². The molecule has 1 aliphatic rings. The number of carbonyl (C=O) groups is 2. The van der Waals surface area contributed by atoms with Crippen LogP contribution in [0.15, 0.2) is 30.3 Å². The van der Waals surface area contributed by atoms with E-state index in [2.05, 4.69) is 10.2 Å². The first-order valence-electron chi connectivity index (χ1n) is 13.3. The van der Waals surface area contributed by atoms with Crippen LogP contribution in [0.2, 0.25) is 5.02 Å². The van der Waals surface area contributed by atoms with Crippen molar-refractivity contribution in [3.63, 3.8) is 0 Å². The number of hydrogen-bond acceptors (Lipinski definition) is 9. The normalized spacial score (nSPS) is 16.5. The lowest BCUT2D eigenvalue weighted by Crippen LogP contribution is -2.51. The highest BCUT2D eigenvalue weighted by Gasteiger charge is 2.46. The predicted molar refractivity (Wildman–Crippen MR) is 157 cm³/mol. The van der Waals surface area contributed by atoms with Gasteiger partial charge in [-0.3, -0.25) is 9.69 Å². The second-order valence-corrected chi connectivity index (χ2v) is 12.9. The van der Waals surface area contributed by atoms with Crippen LogP contribution >= 0.6 is 22.9 Å². The van der Waals surface area contributed by atoms with Crippen LogP contribution in [0.4, 0.5) is 9.18 Å². The number of nitrogens with two attached hydrogens (primary N) is 1. The van der Waals surface area contributed by atoms with Crippen LogP contribution in [-0.2, 0) is 9.47 Å². The number of hydrogen-bond donors (Lipinski definition) is 1. The molecule has 0 bridgehead atoms. The Labute approximate surface area is 252 Å². The number of ether oxygens (including phenoxy) is 4. The van der Waals surface area contributed by atoms with Gasteiger partial charge in [0.15, 0.2) is 11.6 Å². The van der Waals surface area contributed by atoms with Crippen LogP contribution in [0.3, 0.4) is 0 Å². The lowest BCUT2D eigenvalue weighted by molar-refractivity contribution is -0.0637. The summed E-state index contributed by atoms with van der Waals surface area (Å²) in [5, 5.41) is 9.42. The molecule has 2 N–H and O–H groups in total. The third-order valence-corrected chi connectivity index (χ3v) is 7.45. The van der Waals surface area contributed by atoms with Gasteiger partial charge in [0.2, 0.25) is 0 Å². The molecule has 1 aromatic heterocycles. The van der Waals surface area contributed by atoms with Gasteiger partial charge in [0.05, 0.1) is 29.3 Å². The van der Waals surface area contributed by atoms with Gasteiger partial charge in [-0.2, -0.15) is 0 Å². The van der Waals surface area contributed by atoms with Crippen molar-refractivity contribution in [2.45, 2.75) is 71.9 Å². The largest absolute Gasteiger partial charge is 0.490 e. The van der Waals surface area contributed by atoms with Gasteiger partial charge < -0.3 is 24.7 Å². The van der Waals surface area contributed by atoms with E-state index in [1.54, 1.807) is 52.8 Å². The summed E-state index contributed by atoms with van der Waals surface area (Å²) in [4.78, 5) is 26.3. The average Bonchev–Trinajstić information content (AvgIpc) is 3.47. The van der Waals surface area contributed by atoms with Crippen molar-refractivity contribution in [3.8, 4) is 32.6 Å². The lowest BCUT2D eigenvalue weighted by Gasteiger charge is -2.35. The highest BCUT2D eigenvalue weighted by molar-refractivity contribution is 7.18. The summed E-state index contributed by atoms with van der Waals surface area (Å²) in [5.74, 6) is -1.03. The van der Waals surface area contributed by atoms with E-state index >= 15 is 4.39 Å². The molecule has 42 heavy (non-hydrogen) atoms. The van der Waals surface area contributed by atoms with E-state index in [-0.39, 0.29) is 35.7 Å². The first-order chi connectivity index (χ1) is 19.6. The molecule has 1 atom stereocenters. The maximum absolute atomic E-state index is 15.2. The number of primary amides is 1. The zero-order chi connectivity index (χ0) is 31.0. The zero-order valence-electron chi connectivity index (χ0n) is 24.5. The smallest absolute Gasteiger partial charge is 0.413 e. The molecule has 226 valence electrons. The summed E-state index contributed by atoms with van der Waals surface area (Å²) in [6, 6.07) is 7.03. The van der Waals surface area contributed by atoms with Crippen molar-refractivity contribution in [1.29, 1.82) is 0 Å². The number of halogens is 2. The SMILES string of the molecule is CC(C)Oc1ccc(-c2nnc(-c3cc(F)c(OC[C@H]4COC(C)(C)N4C(=O)OC(C)(C)C)cc3Cl)s2)cc1C(N)=O. The van der Waals surface area contributed by atoms with Gasteiger partial charge in [0.25, 0.3) is 5.91 Å². The Bertz CT molecular complexity index is 1490. The van der Waals surface area contributed by atoms with E-state index in [9.17, 15) is 9.59 Å². The highest BCUT2D eigenvalue weighted by Crippen LogP contribution is 2.38. The molecule has 2 aromatic carbocycles. The number of benzene rings is 2. The van der Waals surface area contributed by atoms with Gasteiger partial charge in [-0.05, 0) is 72.7 Å². The fraction of sp³-hybridized carbons (Fsp3) is 0.448. The molecule has 13 heteroatoms. The summed E-state index contributed by atoms with van der Waals surface area (Å²) in [6.45, 7) is 12.7. The summed E-state index contributed by atoms with van der Waals surface area (Å²) in [6.07, 6.45) is -0.696. The Balaban J connectivity index is 1.52. The number of amides is 2. The molecule has 0 saturated carbocycles. The van der Waals surface area contributed by atoms with Gasteiger partial charge >= 0.3 is 6.09 Å². The predicted octanol–water partition coefficient (Wildman–Crippen LogP) is 6.30. The Hall–Kier alpha value is -3.48. The maximum atomic E-state index is 15.2. The van der Waals surface area contributed by atoms with Crippen molar-refractivity contribution in [2.24, 2.45) is 5.73 Å². The van der Waals surface area contributed by atoms with Crippen LogP contribution in [0.1, 0.15) is 58.8 Å². The lowest BCUT2D eigenvalue weighted by atomic mass is 10.1. The van der Waals surface area contributed by atoms with E-state index in [4.69, 9.17) is 36.3 Å². The van der Waals surface area contributed by atoms with Gasteiger partial charge in [-0.15, -0.1) is 10.2 Å². The van der Waals surface area contributed by atoms with E-state index < -0.39 is 35.2 Å². The molecule has 1 aliphatic heterocycles. The summed E-state index contributed by atoms with van der Waals surface area (Å²) >= 11 is 7.69. The molecular formula is C29H34ClFN4O6S. The quantitative estimate of drug-likeness (QED) is 0.311. The summed E-state index contributed by atoms with van der Waals surface area (Å²) in [5.41, 5.74) is 5.06. The number of nitrogens with zero attached hydrogens (tertiary/aromatic N) is 3. The van der Waals surface area contributed by atoms with Crippen LogP contribution < -0.4 is 15.2 Å². The standard InChI is InChI=1S/C29H34ClFN4O6S/c1-15(2)40-22-9-8-16(10-19(22)24(32)36)25-33-34-26(42-25)18-11-21(31)23(12-20(18)30)38-13-17-14-39-29(6,7)35(17)27(37)41-28(3,4)5/h8-12,15,17H,13-14H2,1-7H3,(H2,32,36)/t17-/m0/s1. The van der Waals surface area contributed by atoms with Crippen molar-refractivity contribution in [3.05, 3.63) is 46.7 Å². The average molecular weight is 621 g/mol. The molecule has 10 nitrogen and oxygen atoms in total. The van der Waals surface area contributed by atoms with Crippen molar-refractivity contribution in [2.75, 3.05) is 13.2 Å². The Morgan fingerprint density at radius 2 is 1.88 bits per heavy atom. The minimum absolute atomic E-state index is 0.0447. The maximum Gasteiger partial charge on any atom is 0.413 e. The van der Waals surface area contributed by atoms with Crippen LogP contribution in [0.25, 0.3) is 21.1 Å². The minimum atomic E-state index is -0.925. The van der Waals surface area contributed by atoms with Gasteiger partial charge in [0, 0.05) is 17.2 Å². The van der Waals surface area contributed by atoms with Crippen molar-refractivity contribution >= 4 is 34.9 Å². The van der Waals surface area contributed by atoms with Crippen LogP contribution in [-0.4, -0.2) is 63.8 Å². The molecule has 1 fully saturated rings. The molecule has 4 rings (SSSR count). The number of aromatic nitrogens is 2. The molecular weight excluding hydrogens is 587 g/mol. The fourth-order valence-corrected chi connectivity index (χ4v) is 5.51. The van der Waals surface area contributed by atoms with Crippen molar-refractivity contribution < 1.29 is 32.9 Å². The molecule has 2 amide bonds. The number of rotatable bonds is 8. The molecule has 0 unspecified atom stereocenters. The second-order valence-electron chi connectivity index (χ2n) is 11.5. The monoisotopic (exact) mass is 620 g/mol. The van der Waals surface area contributed by atoms with Crippen LogP contribution in [0.5, 0.6) is 11.5 Å². The second kappa shape index (κ2) is 12.0. The molecule has 0 aliphatic carbocycles. The van der Waals surface area contributed by atoms with Gasteiger partial charge in [-0.1, -0.05) is 22.9 Å². The molecule has 1 saturated heterocycles. The first-order valence-corrected chi connectivity index (χ1v) is 14.5. The Morgan fingerprint density at radius 3 is 2.52 bits per heavy atom. The fourth-order valence-electron chi connectivity index (χ4n) is 4.34. The third-order valence-electron chi connectivity index (χ3n) is 6.13. The molecule has 2 heterocycles. The molecule has 0 radical (unpaired) electrons. The Kier molecular flexibility index (Phi) is 9.00. The van der Waals surface area contributed by atoms with Crippen LogP contribution in [0, 0.1) is 5.82 Å². The Morgan fingerprint density at radius 1 is 1.19 bits per heavy atom. The third kappa shape index (κ3) is 7.11. The topological polar surface area (TPSA) is 126 Å². The van der Waals surface area contributed by atoms with E-state index in [1.807, 2.05) is 13.8 Å². The molecule has 3 aromatic rings. The summed E-state index contributed by atoms with van der Waals surface area (Å²) < 4.78 is 38.0. The molecule has 0 spiro atoms. The minimum Gasteiger partial charge on any atom is -0.490 e. The van der Waals surface area contributed by atoms with Gasteiger partial charge in [0.1, 0.15) is 33.7 Å².